The van der Waals surface area contributed by atoms with Gasteiger partial charge in [-0.05, 0) is 29.3 Å². The van der Waals surface area contributed by atoms with Gasteiger partial charge in [-0.3, -0.25) is 0 Å². The van der Waals surface area contributed by atoms with Gasteiger partial charge in [0.2, 0.25) is 0 Å². The smallest absolute Gasteiger partial charge is 0.339 e. The molecule has 0 aliphatic carbocycles. The fraction of sp³-hybridized carbons (Fsp3) is 0.154. The number of ether oxygens (including phenoxy) is 1. The van der Waals surface area contributed by atoms with Crippen LogP contribution in [0.3, 0.4) is 0 Å². The Kier molecular flexibility index (Phi) is 6.42. The number of hydrogen-bond donors (Lipinski definition) is 1. The SMILES string of the molecule is CC(C)c1onc(-c2ccccc2Br)c1COc1ccc(-c2ccccc2)cc1C(=O)O. The molecule has 0 atom stereocenters. The maximum absolute atomic E-state index is 12.0. The van der Waals surface area contributed by atoms with E-state index < -0.39 is 5.97 Å². The summed E-state index contributed by atoms with van der Waals surface area (Å²) in [4.78, 5) is 12.0. The zero-order chi connectivity index (χ0) is 22.7. The van der Waals surface area contributed by atoms with Gasteiger partial charge in [-0.25, -0.2) is 4.79 Å². The van der Waals surface area contributed by atoms with Crippen LogP contribution in [0.4, 0.5) is 0 Å². The normalized spacial score (nSPS) is 11.0. The summed E-state index contributed by atoms with van der Waals surface area (Å²) in [6.07, 6.45) is 0. The first-order valence-electron chi connectivity index (χ1n) is 10.2. The van der Waals surface area contributed by atoms with E-state index in [4.69, 9.17) is 9.26 Å². The fourth-order valence-electron chi connectivity index (χ4n) is 3.56. The molecule has 0 bridgehead atoms. The topological polar surface area (TPSA) is 72.6 Å². The van der Waals surface area contributed by atoms with Crippen LogP contribution in [0.2, 0.25) is 0 Å². The van der Waals surface area contributed by atoms with Gasteiger partial charge in [0, 0.05) is 16.0 Å². The van der Waals surface area contributed by atoms with Crippen molar-refractivity contribution in [1.82, 2.24) is 5.16 Å². The summed E-state index contributed by atoms with van der Waals surface area (Å²) in [5.74, 6) is 0.0645. The molecule has 0 saturated carbocycles. The summed E-state index contributed by atoms with van der Waals surface area (Å²) in [5, 5.41) is 14.1. The molecular weight excluding hydrogens is 470 g/mol. The zero-order valence-corrected chi connectivity index (χ0v) is 19.3. The van der Waals surface area contributed by atoms with Crippen LogP contribution in [-0.2, 0) is 6.61 Å². The minimum atomic E-state index is -1.04. The first-order chi connectivity index (χ1) is 15.5. The van der Waals surface area contributed by atoms with Crippen LogP contribution in [0.15, 0.2) is 81.8 Å². The predicted octanol–water partition coefficient (Wildman–Crippen LogP) is 7.17. The molecular formula is C26H22BrNO4. The molecule has 1 aromatic heterocycles. The van der Waals surface area contributed by atoms with E-state index in [0.29, 0.717) is 17.2 Å². The van der Waals surface area contributed by atoms with Crippen LogP contribution in [-0.4, -0.2) is 16.2 Å². The van der Waals surface area contributed by atoms with Gasteiger partial charge in [-0.15, -0.1) is 0 Å². The lowest BCUT2D eigenvalue weighted by molar-refractivity contribution is 0.0692. The van der Waals surface area contributed by atoms with Gasteiger partial charge in [-0.2, -0.15) is 0 Å². The van der Waals surface area contributed by atoms with Crippen molar-refractivity contribution in [2.24, 2.45) is 0 Å². The van der Waals surface area contributed by atoms with Crippen LogP contribution in [0.5, 0.6) is 5.75 Å². The number of halogens is 1. The summed E-state index contributed by atoms with van der Waals surface area (Å²) in [5.41, 5.74) is 4.24. The van der Waals surface area contributed by atoms with E-state index in [-0.39, 0.29) is 18.1 Å². The third kappa shape index (κ3) is 4.46. The number of carboxylic acids is 1. The van der Waals surface area contributed by atoms with Crippen molar-refractivity contribution in [2.45, 2.75) is 26.4 Å². The Morgan fingerprint density at radius 3 is 2.44 bits per heavy atom. The molecule has 6 heteroatoms. The van der Waals surface area contributed by atoms with Gasteiger partial charge in [0.15, 0.2) is 0 Å². The second-order valence-corrected chi connectivity index (χ2v) is 8.53. The Morgan fingerprint density at radius 1 is 1.03 bits per heavy atom. The van der Waals surface area contributed by atoms with E-state index >= 15 is 0 Å². The molecule has 3 aromatic carbocycles. The molecule has 0 spiro atoms. The van der Waals surface area contributed by atoms with E-state index in [9.17, 15) is 9.90 Å². The lowest BCUT2D eigenvalue weighted by Gasteiger charge is -2.13. The van der Waals surface area contributed by atoms with Crippen molar-refractivity contribution in [3.05, 3.63) is 94.2 Å². The maximum Gasteiger partial charge on any atom is 0.339 e. The van der Waals surface area contributed by atoms with Gasteiger partial charge in [0.05, 0.1) is 5.56 Å². The fourth-order valence-corrected chi connectivity index (χ4v) is 4.04. The second-order valence-electron chi connectivity index (χ2n) is 7.68. The number of benzene rings is 3. The van der Waals surface area contributed by atoms with E-state index in [2.05, 4.69) is 21.1 Å². The molecule has 0 fully saturated rings. The summed E-state index contributed by atoms with van der Waals surface area (Å²) in [7, 11) is 0. The maximum atomic E-state index is 12.0. The molecule has 162 valence electrons. The van der Waals surface area contributed by atoms with Crippen LogP contribution < -0.4 is 4.74 Å². The molecule has 1 N–H and O–H groups in total. The average Bonchev–Trinajstić information content (AvgIpc) is 3.22. The van der Waals surface area contributed by atoms with Crippen molar-refractivity contribution in [3.63, 3.8) is 0 Å². The highest BCUT2D eigenvalue weighted by Crippen LogP contribution is 2.35. The van der Waals surface area contributed by atoms with Crippen molar-refractivity contribution >= 4 is 21.9 Å². The molecule has 4 aromatic rings. The largest absolute Gasteiger partial charge is 0.488 e. The standard InChI is InChI=1S/C26H22BrNO4/c1-16(2)25-21(24(28-32-25)19-10-6-7-11-22(19)27)15-31-23-13-12-18(14-20(23)26(29)30)17-8-4-3-5-9-17/h3-14,16H,15H2,1-2H3,(H,29,30). The quantitative estimate of drug-likeness (QED) is 0.296. The van der Waals surface area contributed by atoms with E-state index in [1.54, 1.807) is 12.1 Å². The second kappa shape index (κ2) is 9.40. The number of hydrogen-bond acceptors (Lipinski definition) is 4. The molecule has 0 radical (unpaired) electrons. The van der Waals surface area contributed by atoms with Crippen molar-refractivity contribution in [2.75, 3.05) is 0 Å². The van der Waals surface area contributed by atoms with Crippen LogP contribution in [0.1, 0.15) is 41.4 Å². The van der Waals surface area contributed by atoms with Crippen LogP contribution in [0, 0.1) is 0 Å². The molecule has 0 unspecified atom stereocenters. The molecule has 1 heterocycles. The Morgan fingerprint density at radius 2 is 1.75 bits per heavy atom. The van der Waals surface area contributed by atoms with Gasteiger partial charge in [0.1, 0.15) is 29.4 Å². The molecule has 4 rings (SSSR count). The van der Waals surface area contributed by atoms with Crippen LogP contribution in [0.25, 0.3) is 22.4 Å². The van der Waals surface area contributed by atoms with Gasteiger partial charge < -0.3 is 14.4 Å². The number of aromatic nitrogens is 1. The molecule has 0 aliphatic rings. The molecule has 32 heavy (non-hydrogen) atoms. The highest BCUT2D eigenvalue weighted by atomic mass is 79.9. The number of carbonyl (C=O) groups is 1. The third-order valence-corrected chi connectivity index (χ3v) is 5.85. The highest BCUT2D eigenvalue weighted by molar-refractivity contribution is 9.10. The number of nitrogens with zero attached hydrogens (tertiary/aromatic N) is 1. The lowest BCUT2D eigenvalue weighted by atomic mass is 10.0. The average molecular weight is 492 g/mol. The van der Waals surface area contributed by atoms with E-state index in [1.165, 1.54) is 0 Å². The number of carboxylic acid groups (broad SMARTS) is 1. The van der Waals surface area contributed by atoms with Gasteiger partial charge in [0.25, 0.3) is 0 Å². The summed E-state index contributed by atoms with van der Waals surface area (Å²) in [6, 6.07) is 22.6. The Labute approximate surface area is 194 Å². The Bertz CT molecular complexity index is 1250. The molecule has 0 amide bonds. The monoisotopic (exact) mass is 491 g/mol. The Balaban J connectivity index is 1.69. The van der Waals surface area contributed by atoms with E-state index in [0.717, 1.165) is 26.7 Å². The summed E-state index contributed by atoms with van der Waals surface area (Å²) >= 11 is 3.57. The molecule has 0 aliphatic heterocycles. The lowest BCUT2D eigenvalue weighted by Crippen LogP contribution is -2.06. The van der Waals surface area contributed by atoms with Crippen molar-refractivity contribution in [1.29, 1.82) is 0 Å². The van der Waals surface area contributed by atoms with Gasteiger partial charge in [-0.1, -0.05) is 89.5 Å². The van der Waals surface area contributed by atoms with Crippen molar-refractivity contribution in [3.8, 4) is 28.1 Å². The minimum absolute atomic E-state index is 0.0942. The van der Waals surface area contributed by atoms with Crippen LogP contribution >= 0.6 is 15.9 Å². The third-order valence-electron chi connectivity index (χ3n) is 5.16. The predicted molar refractivity (Wildman–Crippen MR) is 127 cm³/mol. The number of rotatable bonds is 7. The molecule has 5 nitrogen and oxygen atoms in total. The molecule has 0 saturated heterocycles. The minimum Gasteiger partial charge on any atom is -0.488 e. The first kappa shape index (κ1) is 21.8. The van der Waals surface area contributed by atoms with Gasteiger partial charge >= 0.3 is 5.97 Å². The van der Waals surface area contributed by atoms with Crippen molar-refractivity contribution < 1.29 is 19.2 Å². The van der Waals surface area contributed by atoms with E-state index in [1.807, 2.05) is 74.5 Å². The highest BCUT2D eigenvalue weighted by Gasteiger charge is 2.23. The zero-order valence-electron chi connectivity index (χ0n) is 17.7. The summed E-state index contributed by atoms with van der Waals surface area (Å²) in [6.45, 7) is 4.18. The number of aromatic carboxylic acids is 1. The summed E-state index contributed by atoms with van der Waals surface area (Å²) < 4.78 is 12.6. The first-order valence-corrected chi connectivity index (χ1v) is 11.0. The Hall–Kier alpha value is -3.38.